The fraction of sp³-hybridized carbons (Fsp3) is 0.167. The van der Waals surface area contributed by atoms with Crippen molar-refractivity contribution in [1.82, 2.24) is 19.7 Å². The summed E-state index contributed by atoms with van der Waals surface area (Å²) in [4.78, 5) is 18.7. The molecule has 24 heavy (non-hydrogen) atoms. The molecule has 0 spiro atoms. The lowest BCUT2D eigenvalue weighted by atomic mass is 10.0. The molecule has 122 valence electrons. The van der Waals surface area contributed by atoms with Gasteiger partial charge in [-0.15, -0.1) is 0 Å². The summed E-state index contributed by atoms with van der Waals surface area (Å²) < 4.78 is 15.3. The predicted molar refractivity (Wildman–Crippen MR) is 87.8 cm³/mol. The van der Waals surface area contributed by atoms with Crippen molar-refractivity contribution in [3.05, 3.63) is 83.7 Å². The molecule has 1 atom stereocenters. The molecule has 2 heterocycles. The number of pyridine rings is 1. The Morgan fingerprint density at radius 1 is 1.25 bits per heavy atom. The van der Waals surface area contributed by atoms with Gasteiger partial charge in [-0.1, -0.05) is 18.2 Å². The van der Waals surface area contributed by atoms with Crippen LogP contribution >= 0.6 is 0 Å². The third kappa shape index (κ3) is 3.17. The molecular formula is C18H17FN4O. The van der Waals surface area contributed by atoms with Crippen molar-refractivity contribution in [1.29, 1.82) is 0 Å². The van der Waals surface area contributed by atoms with Crippen LogP contribution in [0, 0.1) is 5.82 Å². The fourth-order valence-corrected chi connectivity index (χ4v) is 2.66. The van der Waals surface area contributed by atoms with Gasteiger partial charge in [0.2, 0.25) is 0 Å². The average Bonchev–Trinajstić information content (AvgIpc) is 3.02. The number of amides is 1. The summed E-state index contributed by atoms with van der Waals surface area (Å²) >= 11 is 0. The average molecular weight is 324 g/mol. The van der Waals surface area contributed by atoms with Gasteiger partial charge < -0.3 is 4.90 Å². The van der Waals surface area contributed by atoms with E-state index in [2.05, 4.69) is 10.1 Å². The normalized spacial score (nSPS) is 12.0. The van der Waals surface area contributed by atoms with E-state index in [4.69, 9.17) is 0 Å². The highest BCUT2D eigenvalue weighted by Crippen LogP contribution is 2.27. The quantitative estimate of drug-likeness (QED) is 0.741. The van der Waals surface area contributed by atoms with Crippen LogP contribution < -0.4 is 0 Å². The maximum atomic E-state index is 13.7. The zero-order chi connectivity index (χ0) is 17.1. The predicted octanol–water partition coefficient (Wildman–Crippen LogP) is 2.82. The second kappa shape index (κ2) is 6.62. The number of aryl methyl sites for hydroxylation is 1. The molecule has 3 rings (SSSR count). The second-order valence-electron chi connectivity index (χ2n) is 5.53. The summed E-state index contributed by atoms with van der Waals surface area (Å²) in [5.74, 6) is -0.557. The molecule has 1 unspecified atom stereocenters. The molecule has 5 nitrogen and oxygen atoms in total. The molecule has 6 heteroatoms. The lowest BCUT2D eigenvalue weighted by Gasteiger charge is -2.28. The molecule has 0 aliphatic heterocycles. The molecular weight excluding hydrogens is 307 g/mol. The minimum Gasteiger partial charge on any atom is -0.329 e. The topological polar surface area (TPSA) is 51.0 Å². The number of hydrogen-bond acceptors (Lipinski definition) is 3. The Bertz CT molecular complexity index is 847. The van der Waals surface area contributed by atoms with Gasteiger partial charge in [-0.05, 0) is 29.8 Å². The van der Waals surface area contributed by atoms with Crippen LogP contribution in [0.4, 0.5) is 4.39 Å². The first-order chi connectivity index (χ1) is 11.6. The monoisotopic (exact) mass is 324 g/mol. The van der Waals surface area contributed by atoms with Crippen LogP contribution in [-0.4, -0.2) is 32.6 Å². The Labute approximate surface area is 139 Å². The molecule has 0 aliphatic rings. The first-order valence-corrected chi connectivity index (χ1v) is 7.48. The van der Waals surface area contributed by atoms with E-state index in [1.165, 1.54) is 18.3 Å². The van der Waals surface area contributed by atoms with E-state index < -0.39 is 6.04 Å². The lowest BCUT2D eigenvalue weighted by Crippen LogP contribution is -2.32. The van der Waals surface area contributed by atoms with Crippen molar-refractivity contribution in [2.24, 2.45) is 7.05 Å². The van der Waals surface area contributed by atoms with E-state index in [9.17, 15) is 9.18 Å². The van der Waals surface area contributed by atoms with Crippen molar-refractivity contribution in [2.45, 2.75) is 6.04 Å². The van der Waals surface area contributed by atoms with Gasteiger partial charge in [0.25, 0.3) is 5.91 Å². The van der Waals surface area contributed by atoms with Crippen molar-refractivity contribution >= 4 is 5.91 Å². The minimum absolute atomic E-state index is 0.206. The van der Waals surface area contributed by atoms with Crippen molar-refractivity contribution in [2.75, 3.05) is 7.05 Å². The maximum absolute atomic E-state index is 13.7. The van der Waals surface area contributed by atoms with Crippen molar-refractivity contribution in [3.8, 4) is 0 Å². The van der Waals surface area contributed by atoms with Crippen LogP contribution in [0.1, 0.15) is 27.7 Å². The third-order valence-electron chi connectivity index (χ3n) is 3.79. The van der Waals surface area contributed by atoms with Gasteiger partial charge in [-0.25, -0.2) is 4.39 Å². The number of aromatic nitrogens is 3. The van der Waals surface area contributed by atoms with E-state index in [0.717, 1.165) is 0 Å². The van der Waals surface area contributed by atoms with Crippen molar-refractivity contribution in [3.63, 3.8) is 0 Å². The summed E-state index contributed by atoms with van der Waals surface area (Å²) in [6.45, 7) is 0. The Hall–Kier alpha value is -3.02. The number of carbonyl (C=O) groups excluding carboxylic acids is 1. The van der Waals surface area contributed by atoms with E-state index in [1.54, 1.807) is 54.3 Å². The first kappa shape index (κ1) is 15.9. The smallest absolute Gasteiger partial charge is 0.257 e. The molecule has 1 aromatic carbocycles. The van der Waals surface area contributed by atoms with Crippen molar-refractivity contribution < 1.29 is 9.18 Å². The number of rotatable bonds is 4. The number of benzene rings is 1. The third-order valence-corrected chi connectivity index (χ3v) is 3.79. The van der Waals surface area contributed by atoms with Crippen LogP contribution in [0.2, 0.25) is 0 Å². The molecule has 2 aromatic heterocycles. The van der Waals surface area contributed by atoms with Gasteiger partial charge >= 0.3 is 0 Å². The van der Waals surface area contributed by atoms with Gasteiger partial charge in [0, 0.05) is 26.5 Å². The molecule has 0 bridgehead atoms. The van der Waals surface area contributed by atoms with E-state index >= 15 is 0 Å². The van der Waals surface area contributed by atoms with Crippen LogP contribution in [-0.2, 0) is 7.05 Å². The standard InChI is InChI=1S/C18H17FN4O/c1-22-12-14(11-21-22)18(24)23(2)17(16-8-3-4-9-20-16)13-6-5-7-15(19)10-13/h3-12,17H,1-2H3. The highest BCUT2D eigenvalue weighted by Gasteiger charge is 2.26. The second-order valence-corrected chi connectivity index (χ2v) is 5.53. The molecule has 0 saturated heterocycles. The largest absolute Gasteiger partial charge is 0.329 e. The van der Waals surface area contributed by atoms with Crippen LogP contribution in [0.25, 0.3) is 0 Å². The van der Waals surface area contributed by atoms with Gasteiger partial charge in [0.1, 0.15) is 5.82 Å². The summed E-state index contributed by atoms with van der Waals surface area (Å²) in [6, 6.07) is 11.2. The Kier molecular flexibility index (Phi) is 4.37. The van der Waals surface area contributed by atoms with Crippen LogP contribution in [0.3, 0.4) is 0 Å². The highest BCUT2D eigenvalue weighted by atomic mass is 19.1. The zero-order valence-corrected chi connectivity index (χ0v) is 13.4. The van der Waals surface area contributed by atoms with Crippen LogP contribution in [0.15, 0.2) is 61.1 Å². The Morgan fingerprint density at radius 2 is 2.08 bits per heavy atom. The molecule has 0 aliphatic carbocycles. The van der Waals surface area contributed by atoms with Gasteiger partial charge in [-0.3, -0.25) is 14.5 Å². The van der Waals surface area contributed by atoms with Gasteiger partial charge in [0.15, 0.2) is 0 Å². The van der Waals surface area contributed by atoms with Crippen LogP contribution in [0.5, 0.6) is 0 Å². The molecule has 1 amide bonds. The van der Waals surface area contributed by atoms with E-state index in [1.807, 2.05) is 12.1 Å². The number of nitrogens with zero attached hydrogens (tertiary/aromatic N) is 4. The van der Waals surface area contributed by atoms with Gasteiger partial charge in [-0.2, -0.15) is 5.10 Å². The van der Waals surface area contributed by atoms with E-state index in [-0.39, 0.29) is 11.7 Å². The summed E-state index contributed by atoms with van der Waals surface area (Å²) in [5, 5.41) is 4.03. The molecule has 0 saturated carbocycles. The van der Waals surface area contributed by atoms with Gasteiger partial charge in [0.05, 0.1) is 23.5 Å². The maximum Gasteiger partial charge on any atom is 0.257 e. The molecule has 3 aromatic rings. The van der Waals surface area contributed by atoms with E-state index in [0.29, 0.717) is 16.8 Å². The molecule has 0 radical (unpaired) electrons. The summed E-state index contributed by atoms with van der Waals surface area (Å²) in [6.07, 6.45) is 4.82. The molecule has 0 fully saturated rings. The SMILES string of the molecule is CN(C(=O)c1cnn(C)c1)C(c1cccc(F)c1)c1ccccn1. The first-order valence-electron chi connectivity index (χ1n) is 7.48. The number of hydrogen-bond donors (Lipinski definition) is 0. The Balaban J connectivity index is 2.02. The number of halogens is 1. The number of carbonyl (C=O) groups is 1. The molecule has 0 N–H and O–H groups in total. The summed E-state index contributed by atoms with van der Waals surface area (Å²) in [7, 11) is 3.43. The lowest BCUT2D eigenvalue weighted by molar-refractivity contribution is 0.0752. The Morgan fingerprint density at radius 3 is 2.71 bits per heavy atom. The fourth-order valence-electron chi connectivity index (χ4n) is 2.66. The summed E-state index contributed by atoms with van der Waals surface area (Å²) in [5.41, 5.74) is 1.80. The highest BCUT2D eigenvalue weighted by molar-refractivity contribution is 5.94. The zero-order valence-electron chi connectivity index (χ0n) is 13.4. The minimum atomic E-state index is -0.491.